The summed E-state index contributed by atoms with van der Waals surface area (Å²) in [7, 11) is 0. The van der Waals surface area contributed by atoms with Crippen molar-refractivity contribution in [3.05, 3.63) is 48.0 Å². The predicted octanol–water partition coefficient (Wildman–Crippen LogP) is 2.23. The van der Waals surface area contributed by atoms with Crippen LogP contribution in [0.3, 0.4) is 0 Å². The van der Waals surface area contributed by atoms with Gasteiger partial charge in [0.25, 0.3) is 0 Å². The van der Waals surface area contributed by atoms with Gasteiger partial charge in [0.2, 0.25) is 11.8 Å². The molecule has 0 fully saturated rings. The van der Waals surface area contributed by atoms with Crippen LogP contribution in [0.25, 0.3) is 0 Å². The monoisotopic (exact) mass is 332 g/mol. The maximum atomic E-state index is 12.0. The molecule has 2 aromatic rings. The minimum absolute atomic E-state index is 0.0969. The van der Waals surface area contributed by atoms with Crippen LogP contribution in [0.4, 0.5) is 0 Å². The van der Waals surface area contributed by atoms with Gasteiger partial charge in [-0.2, -0.15) is 0 Å². The first kappa shape index (κ1) is 17.2. The zero-order valence-electron chi connectivity index (χ0n) is 12.7. The maximum absolute atomic E-state index is 12.0. The highest BCUT2D eigenvalue weighted by molar-refractivity contribution is 5.93. The fraction of sp³-hybridized carbons (Fsp3) is 0.250. The van der Waals surface area contributed by atoms with E-state index in [0.29, 0.717) is 12.8 Å². The molecular weight excluding hydrogens is 316 g/mol. The highest BCUT2D eigenvalue weighted by Crippen LogP contribution is 2.10. The summed E-state index contributed by atoms with van der Waals surface area (Å²) in [6.07, 6.45) is 3.75. The van der Waals surface area contributed by atoms with Gasteiger partial charge in [-0.05, 0) is 37.1 Å². The lowest BCUT2D eigenvalue weighted by atomic mass is 10.1. The van der Waals surface area contributed by atoms with Crippen molar-refractivity contribution < 1.29 is 29.4 Å². The van der Waals surface area contributed by atoms with Crippen LogP contribution in [0.5, 0.6) is 0 Å². The molecule has 0 unspecified atom stereocenters. The summed E-state index contributed by atoms with van der Waals surface area (Å²) in [5.74, 6) is -3.09. The van der Waals surface area contributed by atoms with E-state index in [1.807, 2.05) is 0 Å². The van der Waals surface area contributed by atoms with Crippen LogP contribution in [0.1, 0.15) is 56.2 Å². The third-order valence-corrected chi connectivity index (χ3v) is 3.50. The Balaban J connectivity index is 1.84. The van der Waals surface area contributed by atoms with Gasteiger partial charge in [-0.3, -0.25) is 18.7 Å². The summed E-state index contributed by atoms with van der Waals surface area (Å²) >= 11 is 0. The van der Waals surface area contributed by atoms with Crippen molar-refractivity contribution in [2.75, 3.05) is 0 Å². The first-order valence-electron chi connectivity index (χ1n) is 7.29. The third kappa shape index (κ3) is 3.78. The van der Waals surface area contributed by atoms with Crippen molar-refractivity contribution >= 4 is 23.8 Å². The van der Waals surface area contributed by atoms with E-state index in [9.17, 15) is 19.2 Å². The van der Waals surface area contributed by atoms with Crippen molar-refractivity contribution in [1.82, 2.24) is 9.13 Å². The first-order chi connectivity index (χ1) is 11.4. The second kappa shape index (κ2) is 7.40. The lowest BCUT2D eigenvalue weighted by Gasteiger charge is -2.06. The maximum Gasteiger partial charge on any atom is 0.352 e. The average Bonchev–Trinajstić information content (AvgIpc) is 3.19. The summed E-state index contributed by atoms with van der Waals surface area (Å²) in [5.41, 5.74) is -0.205. The standard InChI is InChI=1S/C16H16N2O6/c19-13(17-9-3-5-11(17)15(21)22)7-1-2-8-14(20)18-10-4-6-12(18)16(23)24/h3-6,9-10H,1-2,7-8H2,(H,21,22)(H,23,24). The number of nitrogens with zero attached hydrogens (tertiary/aromatic N) is 2. The molecule has 0 atom stereocenters. The Hall–Kier alpha value is -3.16. The molecule has 2 rings (SSSR count). The zero-order chi connectivity index (χ0) is 17.7. The van der Waals surface area contributed by atoms with Crippen LogP contribution < -0.4 is 0 Å². The van der Waals surface area contributed by atoms with Gasteiger partial charge in [0.15, 0.2) is 0 Å². The van der Waals surface area contributed by atoms with Crippen molar-refractivity contribution in [2.24, 2.45) is 0 Å². The molecule has 0 amide bonds. The summed E-state index contributed by atoms with van der Waals surface area (Å²) < 4.78 is 2.14. The van der Waals surface area contributed by atoms with E-state index >= 15 is 0 Å². The molecule has 0 spiro atoms. The molecule has 0 aromatic carbocycles. The summed E-state index contributed by atoms with van der Waals surface area (Å²) in [6, 6.07) is 5.63. The summed E-state index contributed by atoms with van der Waals surface area (Å²) in [6.45, 7) is 0. The fourth-order valence-electron chi connectivity index (χ4n) is 2.34. The number of carbonyl (C=O) groups is 4. The quantitative estimate of drug-likeness (QED) is 0.750. The minimum atomic E-state index is -1.18. The van der Waals surface area contributed by atoms with E-state index in [2.05, 4.69) is 0 Å². The molecule has 2 aromatic heterocycles. The summed E-state index contributed by atoms with van der Waals surface area (Å²) in [4.78, 5) is 45.9. The molecule has 0 aliphatic heterocycles. The highest BCUT2D eigenvalue weighted by Gasteiger charge is 2.16. The minimum Gasteiger partial charge on any atom is -0.477 e. The van der Waals surface area contributed by atoms with E-state index in [1.54, 1.807) is 0 Å². The number of carboxylic acids is 2. The second-order valence-electron chi connectivity index (χ2n) is 5.13. The highest BCUT2D eigenvalue weighted by atomic mass is 16.4. The number of hydrogen-bond donors (Lipinski definition) is 2. The molecule has 2 heterocycles. The molecule has 8 nitrogen and oxygen atoms in total. The molecule has 0 aliphatic carbocycles. The Kier molecular flexibility index (Phi) is 5.31. The van der Waals surface area contributed by atoms with Crippen LogP contribution in [0.2, 0.25) is 0 Å². The first-order valence-corrected chi connectivity index (χ1v) is 7.29. The molecule has 126 valence electrons. The van der Waals surface area contributed by atoms with E-state index in [-0.39, 0.29) is 36.0 Å². The largest absolute Gasteiger partial charge is 0.477 e. The number of aromatic carboxylic acids is 2. The van der Waals surface area contributed by atoms with Crippen molar-refractivity contribution in [1.29, 1.82) is 0 Å². The van der Waals surface area contributed by atoms with Gasteiger partial charge < -0.3 is 10.2 Å². The van der Waals surface area contributed by atoms with Crippen LogP contribution in [-0.4, -0.2) is 43.1 Å². The van der Waals surface area contributed by atoms with Crippen LogP contribution in [0, 0.1) is 0 Å². The Morgan fingerprint density at radius 3 is 1.46 bits per heavy atom. The molecule has 0 radical (unpaired) electrons. The third-order valence-electron chi connectivity index (χ3n) is 3.50. The number of aromatic nitrogens is 2. The SMILES string of the molecule is O=C(O)c1cccn1C(=O)CCCCC(=O)n1cccc1C(=O)O. The Morgan fingerprint density at radius 2 is 1.12 bits per heavy atom. The lowest BCUT2D eigenvalue weighted by Crippen LogP contribution is -2.17. The van der Waals surface area contributed by atoms with Gasteiger partial charge in [-0.25, -0.2) is 9.59 Å². The number of rotatable bonds is 7. The number of hydrogen-bond acceptors (Lipinski definition) is 4. The second-order valence-corrected chi connectivity index (χ2v) is 5.13. The molecular formula is C16H16N2O6. The van der Waals surface area contributed by atoms with Crippen LogP contribution in [-0.2, 0) is 0 Å². The predicted molar refractivity (Wildman–Crippen MR) is 82.5 cm³/mol. The van der Waals surface area contributed by atoms with Gasteiger partial charge in [-0.1, -0.05) is 0 Å². The van der Waals surface area contributed by atoms with Crippen molar-refractivity contribution in [3.8, 4) is 0 Å². The average molecular weight is 332 g/mol. The van der Waals surface area contributed by atoms with Crippen molar-refractivity contribution in [2.45, 2.75) is 25.7 Å². The van der Waals surface area contributed by atoms with Gasteiger partial charge in [0.1, 0.15) is 11.4 Å². The molecule has 8 heteroatoms. The molecule has 0 saturated carbocycles. The molecule has 2 N–H and O–H groups in total. The van der Waals surface area contributed by atoms with E-state index in [1.165, 1.54) is 36.7 Å². The van der Waals surface area contributed by atoms with Gasteiger partial charge in [0, 0.05) is 25.2 Å². The fourth-order valence-corrected chi connectivity index (χ4v) is 2.34. The topological polar surface area (TPSA) is 119 Å². The van der Waals surface area contributed by atoms with Gasteiger partial charge >= 0.3 is 11.9 Å². The number of carboxylic acid groups (broad SMARTS) is 2. The molecule has 0 aliphatic rings. The number of carbonyl (C=O) groups excluding carboxylic acids is 2. The lowest BCUT2D eigenvalue weighted by molar-refractivity contribution is 0.0665. The smallest absolute Gasteiger partial charge is 0.352 e. The Morgan fingerprint density at radius 1 is 0.750 bits per heavy atom. The molecule has 0 bridgehead atoms. The van der Waals surface area contributed by atoms with Crippen LogP contribution in [0.15, 0.2) is 36.7 Å². The Bertz CT molecular complexity index is 720. The van der Waals surface area contributed by atoms with E-state index < -0.39 is 11.9 Å². The van der Waals surface area contributed by atoms with E-state index in [0.717, 1.165) is 9.13 Å². The van der Waals surface area contributed by atoms with Gasteiger partial charge in [-0.15, -0.1) is 0 Å². The van der Waals surface area contributed by atoms with Crippen LogP contribution >= 0.6 is 0 Å². The van der Waals surface area contributed by atoms with Crippen molar-refractivity contribution in [3.63, 3.8) is 0 Å². The normalized spacial score (nSPS) is 10.5. The zero-order valence-corrected chi connectivity index (χ0v) is 12.7. The molecule has 0 saturated heterocycles. The summed E-state index contributed by atoms with van der Waals surface area (Å²) in [5, 5.41) is 17.9. The Labute approximate surface area is 136 Å². The van der Waals surface area contributed by atoms with E-state index in [4.69, 9.17) is 10.2 Å². The van der Waals surface area contributed by atoms with Gasteiger partial charge in [0.05, 0.1) is 0 Å². The number of unbranched alkanes of at least 4 members (excludes halogenated alkanes) is 1. The molecule has 24 heavy (non-hydrogen) atoms.